The number of carbonyl (C=O) groups excluding carboxylic acids is 1. The van der Waals surface area contributed by atoms with E-state index in [-0.39, 0.29) is 24.7 Å². The lowest BCUT2D eigenvalue weighted by molar-refractivity contribution is 0.0199. The zero-order valence-electron chi connectivity index (χ0n) is 14.6. The van der Waals surface area contributed by atoms with Crippen LogP contribution in [-0.2, 0) is 11.3 Å². The monoisotopic (exact) mass is 353 g/mol. The van der Waals surface area contributed by atoms with Crippen molar-refractivity contribution in [1.29, 1.82) is 0 Å². The number of nitrogens with zero attached hydrogens (tertiary/aromatic N) is 1. The third-order valence-corrected chi connectivity index (χ3v) is 5.30. The Hall–Kier alpha value is -2.53. The van der Waals surface area contributed by atoms with Crippen LogP contribution in [0.4, 0.5) is 4.79 Å². The van der Waals surface area contributed by atoms with Gasteiger partial charge in [0.2, 0.25) is 0 Å². The number of carbonyl (C=O) groups is 1. The molecule has 1 aliphatic carbocycles. The average Bonchev–Trinajstić information content (AvgIpc) is 3.12. The molecule has 0 aromatic heterocycles. The van der Waals surface area contributed by atoms with Crippen molar-refractivity contribution in [2.24, 2.45) is 5.92 Å². The van der Waals surface area contributed by atoms with Gasteiger partial charge in [-0.25, -0.2) is 4.79 Å². The predicted octanol–water partition coefficient (Wildman–Crippen LogP) is 3.23. The molecule has 2 fully saturated rings. The smallest absolute Gasteiger partial charge is 0.410 e. The van der Waals surface area contributed by atoms with Gasteiger partial charge in [-0.05, 0) is 24.1 Å². The third kappa shape index (κ3) is 3.53. The summed E-state index contributed by atoms with van der Waals surface area (Å²) in [6.45, 7) is 1.07. The number of ether oxygens (including phenoxy) is 2. The molecule has 2 aliphatic rings. The van der Waals surface area contributed by atoms with E-state index in [0.717, 1.165) is 17.7 Å². The Morgan fingerprint density at radius 1 is 1.12 bits per heavy atom. The summed E-state index contributed by atoms with van der Waals surface area (Å²) in [7, 11) is 0. The molecule has 1 saturated heterocycles. The van der Waals surface area contributed by atoms with Crippen LogP contribution in [-0.4, -0.2) is 40.9 Å². The fraction of sp³-hybridized carbons (Fsp3) is 0.381. The number of fused-ring (bicyclic) bond motifs is 1. The van der Waals surface area contributed by atoms with Gasteiger partial charge in [-0.15, -0.1) is 0 Å². The Balaban J connectivity index is 1.31. The summed E-state index contributed by atoms with van der Waals surface area (Å²) in [5, 5.41) is 11.0. The van der Waals surface area contributed by atoms with Crippen molar-refractivity contribution in [2.75, 3.05) is 13.1 Å². The zero-order chi connectivity index (χ0) is 18.0. The average molecular weight is 353 g/mol. The van der Waals surface area contributed by atoms with Gasteiger partial charge in [-0.1, -0.05) is 48.5 Å². The lowest BCUT2D eigenvalue weighted by atomic mass is 9.95. The molecule has 1 amide bonds. The summed E-state index contributed by atoms with van der Waals surface area (Å²) in [5.74, 6) is 0.848. The second-order valence-corrected chi connectivity index (χ2v) is 7.21. The maximum atomic E-state index is 12.3. The van der Waals surface area contributed by atoms with E-state index >= 15 is 0 Å². The lowest BCUT2D eigenvalue weighted by Gasteiger charge is -2.23. The van der Waals surface area contributed by atoms with Gasteiger partial charge in [-0.3, -0.25) is 0 Å². The lowest BCUT2D eigenvalue weighted by Crippen LogP contribution is -2.37. The van der Waals surface area contributed by atoms with Gasteiger partial charge in [0.15, 0.2) is 0 Å². The minimum Gasteiger partial charge on any atom is -0.490 e. The second kappa shape index (κ2) is 7.00. The molecule has 1 saturated carbocycles. The quantitative estimate of drug-likeness (QED) is 0.917. The van der Waals surface area contributed by atoms with Crippen LogP contribution < -0.4 is 4.74 Å². The molecule has 1 N–H and O–H groups in total. The Morgan fingerprint density at radius 2 is 1.81 bits per heavy atom. The van der Waals surface area contributed by atoms with Crippen molar-refractivity contribution in [3.05, 3.63) is 66.2 Å². The highest BCUT2D eigenvalue weighted by Crippen LogP contribution is 2.43. The molecule has 136 valence electrons. The highest BCUT2D eigenvalue weighted by molar-refractivity contribution is 5.68. The standard InChI is InChI=1S/C21H23NO4/c23-20(25-14-16-7-3-1-4-8-16)22-13-17-11-19(12-21(17,24)15-22)26-18-9-5-2-6-10-18/h1-10,17,19,24H,11-15H2/t17-,19+,21-/m0/s1. The fourth-order valence-electron chi connectivity index (χ4n) is 4.01. The van der Waals surface area contributed by atoms with Crippen LogP contribution in [0, 0.1) is 5.92 Å². The zero-order valence-corrected chi connectivity index (χ0v) is 14.6. The highest BCUT2D eigenvalue weighted by Gasteiger charge is 2.54. The van der Waals surface area contributed by atoms with Gasteiger partial charge >= 0.3 is 6.09 Å². The van der Waals surface area contributed by atoms with Crippen molar-refractivity contribution in [3.8, 4) is 5.75 Å². The Bertz CT molecular complexity index is 751. The van der Waals surface area contributed by atoms with E-state index in [4.69, 9.17) is 9.47 Å². The maximum absolute atomic E-state index is 12.3. The van der Waals surface area contributed by atoms with E-state index in [0.29, 0.717) is 19.5 Å². The SMILES string of the molecule is O=C(OCc1ccccc1)N1C[C@@H]2C[C@@H](Oc3ccccc3)C[C@]2(O)C1. The molecular weight excluding hydrogens is 330 g/mol. The number of benzene rings is 2. The summed E-state index contributed by atoms with van der Waals surface area (Å²) >= 11 is 0. The van der Waals surface area contributed by atoms with E-state index < -0.39 is 5.60 Å². The molecule has 2 aromatic carbocycles. The number of hydrogen-bond acceptors (Lipinski definition) is 4. The molecule has 1 aliphatic heterocycles. The normalized spacial score (nSPS) is 27.2. The maximum Gasteiger partial charge on any atom is 0.410 e. The van der Waals surface area contributed by atoms with Gasteiger partial charge in [0.25, 0.3) is 0 Å². The van der Waals surface area contributed by atoms with Crippen molar-refractivity contribution < 1.29 is 19.4 Å². The molecule has 0 bridgehead atoms. The first-order valence-electron chi connectivity index (χ1n) is 9.02. The van der Waals surface area contributed by atoms with Gasteiger partial charge in [-0.2, -0.15) is 0 Å². The Morgan fingerprint density at radius 3 is 2.50 bits per heavy atom. The molecule has 1 heterocycles. The molecule has 4 rings (SSSR count). The minimum atomic E-state index is -0.884. The van der Waals surface area contributed by atoms with Crippen molar-refractivity contribution >= 4 is 6.09 Å². The third-order valence-electron chi connectivity index (χ3n) is 5.30. The molecule has 0 radical (unpaired) electrons. The number of aliphatic hydroxyl groups is 1. The van der Waals surface area contributed by atoms with E-state index in [1.165, 1.54) is 0 Å². The van der Waals surface area contributed by atoms with E-state index in [1.54, 1.807) is 4.90 Å². The number of hydrogen-bond donors (Lipinski definition) is 1. The number of para-hydroxylation sites is 1. The minimum absolute atomic E-state index is 0.0186. The second-order valence-electron chi connectivity index (χ2n) is 7.21. The summed E-state index contributed by atoms with van der Waals surface area (Å²) in [6, 6.07) is 19.3. The number of rotatable bonds is 4. The van der Waals surface area contributed by atoms with Crippen LogP contribution in [0.15, 0.2) is 60.7 Å². The molecule has 2 aromatic rings. The largest absolute Gasteiger partial charge is 0.490 e. The van der Waals surface area contributed by atoms with E-state index in [9.17, 15) is 9.90 Å². The first-order valence-corrected chi connectivity index (χ1v) is 9.02. The summed E-state index contributed by atoms with van der Waals surface area (Å²) < 4.78 is 11.4. The van der Waals surface area contributed by atoms with Crippen LogP contribution in [0.5, 0.6) is 5.75 Å². The molecule has 0 spiro atoms. The number of likely N-dealkylation sites (tertiary alicyclic amines) is 1. The van der Waals surface area contributed by atoms with Crippen molar-refractivity contribution in [1.82, 2.24) is 4.90 Å². The summed E-state index contributed by atoms with van der Waals surface area (Å²) in [5.41, 5.74) is 0.0702. The van der Waals surface area contributed by atoms with Crippen molar-refractivity contribution in [2.45, 2.75) is 31.2 Å². The van der Waals surface area contributed by atoms with Crippen LogP contribution in [0.1, 0.15) is 18.4 Å². The van der Waals surface area contributed by atoms with Gasteiger partial charge < -0.3 is 19.5 Å². The van der Waals surface area contributed by atoms with Gasteiger partial charge in [0, 0.05) is 18.9 Å². The Labute approximate surface area is 153 Å². The predicted molar refractivity (Wildman–Crippen MR) is 96.7 cm³/mol. The first kappa shape index (κ1) is 16.9. The van der Waals surface area contributed by atoms with Crippen LogP contribution in [0.25, 0.3) is 0 Å². The molecule has 3 atom stereocenters. The van der Waals surface area contributed by atoms with E-state index in [1.807, 2.05) is 60.7 Å². The molecule has 26 heavy (non-hydrogen) atoms. The van der Waals surface area contributed by atoms with Gasteiger partial charge in [0.05, 0.1) is 12.1 Å². The first-order chi connectivity index (χ1) is 12.6. The van der Waals surface area contributed by atoms with E-state index in [2.05, 4.69) is 0 Å². The summed E-state index contributed by atoms with van der Waals surface area (Å²) in [4.78, 5) is 13.9. The van der Waals surface area contributed by atoms with Gasteiger partial charge in [0.1, 0.15) is 18.5 Å². The molecule has 5 nitrogen and oxygen atoms in total. The molecular formula is C21H23NO4. The van der Waals surface area contributed by atoms with Crippen LogP contribution in [0.3, 0.4) is 0 Å². The summed E-state index contributed by atoms with van der Waals surface area (Å²) in [6.07, 6.45) is 0.898. The fourth-order valence-corrected chi connectivity index (χ4v) is 4.01. The van der Waals surface area contributed by atoms with Crippen LogP contribution >= 0.6 is 0 Å². The van der Waals surface area contributed by atoms with Crippen molar-refractivity contribution in [3.63, 3.8) is 0 Å². The number of amides is 1. The molecule has 0 unspecified atom stereocenters. The Kier molecular flexibility index (Phi) is 4.55. The highest BCUT2D eigenvalue weighted by atomic mass is 16.6. The topological polar surface area (TPSA) is 59.0 Å². The van der Waals surface area contributed by atoms with Crippen LogP contribution in [0.2, 0.25) is 0 Å². The number of β-amino-alcohol motifs (C(OH)–C–C–N with tert-alkyl or cyclic N) is 1. The molecule has 5 heteroatoms.